The first-order valence-electron chi connectivity index (χ1n) is 11.8. The molecule has 2 aromatic carbocycles. The molecule has 7 heteroatoms. The third-order valence-corrected chi connectivity index (χ3v) is 6.44. The number of amides is 1. The lowest BCUT2D eigenvalue weighted by Crippen LogP contribution is -2.32. The van der Waals surface area contributed by atoms with Crippen LogP contribution in [-0.4, -0.2) is 51.9 Å². The number of nitrogens with one attached hydrogen (secondary N) is 1. The molecule has 0 aliphatic carbocycles. The van der Waals surface area contributed by atoms with Crippen molar-refractivity contribution in [3.63, 3.8) is 0 Å². The van der Waals surface area contributed by atoms with Gasteiger partial charge in [0.1, 0.15) is 5.82 Å². The quantitative estimate of drug-likeness (QED) is 0.402. The van der Waals surface area contributed by atoms with Gasteiger partial charge < -0.3 is 10.2 Å². The number of fused-ring (bicyclic) bond motifs is 1. The van der Waals surface area contributed by atoms with Crippen molar-refractivity contribution in [1.29, 1.82) is 0 Å². The number of carbonyl (C=O) groups excluding carboxylic acids is 1. The molecule has 3 heterocycles. The minimum Gasteiger partial charge on any atom is -0.336 e. The second kappa shape index (κ2) is 9.73. The van der Waals surface area contributed by atoms with E-state index in [4.69, 9.17) is 0 Å². The average molecular weight is 458 g/mol. The molecule has 1 aliphatic rings. The van der Waals surface area contributed by atoms with Gasteiger partial charge in [-0.2, -0.15) is 9.78 Å². The van der Waals surface area contributed by atoms with Crippen LogP contribution in [0.5, 0.6) is 0 Å². The van der Waals surface area contributed by atoms with E-state index in [9.17, 15) is 9.18 Å². The molecule has 1 aliphatic heterocycles. The lowest BCUT2D eigenvalue weighted by molar-refractivity contribution is 0.239. The Balaban J connectivity index is 1.35. The first-order valence-corrected chi connectivity index (χ1v) is 11.8. The molecule has 4 aromatic rings. The van der Waals surface area contributed by atoms with Crippen LogP contribution in [-0.2, 0) is 0 Å². The molecule has 6 nitrogen and oxygen atoms in total. The number of hydrogen-bond acceptors (Lipinski definition) is 4. The third-order valence-electron chi connectivity index (χ3n) is 6.44. The Hall–Kier alpha value is -3.58. The van der Waals surface area contributed by atoms with Gasteiger partial charge in [-0.05, 0) is 93.3 Å². The molecule has 0 radical (unpaired) electrons. The number of rotatable bonds is 6. The summed E-state index contributed by atoms with van der Waals surface area (Å²) in [6.45, 7) is 5.73. The normalized spacial score (nSPS) is 14.1. The number of pyridine rings is 1. The van der Waals surface area contributed by atoms with Gasteiger partial charge in [-0.25, -0.2) is 9.18 Å². The number of carbonyl (C=O) groups is 1. The van der Waals surface area contributed by atoms with E-state index in [1.54, 1.807) is 25.4 Å². The SMILES string of the molecule is Cc1cc(-c2ncccc2-c2ccc3c(cnn3C(=O)NCCCN3CCCC3)c2)ccc1F. The highest BCUT2D eigenvalue weighted by atomic mass is 19.1. The van der Waals surface area contributed by atoms with E-state index >= 15 is 0 Å². The van der Waals surface area contributed by atoms with Crippen molar-refractivity contribution in [2.45, 2.75) is 26.2 Å². The number of likely N-dealkylation sites (tertiary alicyclic amines) is 1. The third kappa shape index (κ3) is 4.56. The monoisotopic (exact) mass is 457 g/mol. The highest BCUT2D eigenvalue weighted by Crippen LogP contribution is 2.32. The molecule has 1 N–H and O–H groups in total. The predicted molar refractivity (Wildman–Crippen MR) is 132 cm³/mol. The highest BCUT2D eigenvalue weighted by molar-refractivity contribution is 5.93. The standard InChI is InChI=1S/C27H28FN5O/c1-19-16-21(7-9-24(19)28)26-23(6-4-11-29-26)20-8-10-25-22(17-20)18-31-33(25)27(34)30-12-5-15-32-13-2-3-14-32/h4,6-11,16-18H,2-3,5,12-15H2,1H3,(H,30,34). The van der Waals surface area contributed by atoms with Crippen molar-refractivity contribution in [3.8, 4) is 22.4 Å². The van der Waals surface area contributed by atoms with Gasteiger partial charge >= 0.3 is 6.03 Å². The van der Waals surface area contributed by atoms with Crippen molar-refractivity contribution < 1.29 is 9.18 Å². The van der Waals surface area contributed by atoms with Gasteiger partial charge in [-0.15, -0.1) is 0 Å². The lowest BCUT2D eigenvalue weighted by atomic mass is 9.97. The zero-order valence-corrected chi connectivity index (χ0v) is 19.3. The second-order valence-corrected chi connectivity index (χ2v) is 8.83. The Morgan fingerprint density at radius 1 is 1.09 bits per heavy atom. The molecular formula is C27H28FN5O. The first-order chi connectivity index (χ1) is 16.6. The zero-order valence-electron chi connectivity index (χ0n) is 19.3. The summed E-state index contributed by atoms with van der Waals surface area (Å²) in [7, 11) is 0. The number of halogens is 1. The molecule has 0 saturated carbocycles. The van der Waals surface area contributed by atoms with Gasteiger partial charge in [0, 0.05) is 29.3 Å². The average Bonchev–Trinajstić information content (AvgIpc) is 3.53. The summed E-state index contributed by atoms with van der Waals surface area (Å²) >= 11 is 0. The Bertz CT molecular complexity index is 1330. The number of aromatic nitrogens is 3. The molecule has 0 spiro atoms. The maximum absolute atomic E-state index is 13.8. The topological polar surface area (TPSA) is 63.1 Å². The van der Waals surface area contributed by atoms with E-state index in [0.29, 0.717) is 12.1 Å². The predicted octanol–water partition coefficient (Wildman–Crippen LogP) is 5.26. The van der Waals surface area contributed by atoms with Crippen LogP contribution < -0.4 is 5.32 Å². The molecule has 1 fully saturated rings. The van der Waals surface area contributed by atoms with Gasteiger partial charge in [-0.1, -0.05) is 12.1 Å². The zero-order chi connectivity index (χ0) is 23.5. The fourth-order valence-electron chi connectivity index (χ4n) is 4.60. The van der Waals surface area contributed by atoms with E-state index in [0.717, 1.165) is 46.3 Å². The summed E-state index contributed by atoms with van der Waals surface area (Å²) < 4.78 is 15.2. The number of aryl methyl sites for hydroxylation is 1. The molecule has 0 unspecified atom stereocenters. The summed E-state index contributed by atoms with van der Waals surface area (Å²) in [4.78, 5) is 19.7. The highest BCUT2D eigenvalue weighted by Gasteiger charge is 2.15. The Morgan fingerprint density at radius 3 is 2.74 bits per heavy atom. The Labute approximate surface area is 198 Å². The maximum atomic E-state index is 13.8. The molecule has 5 rings (SSSR count). The van der Waals surface area contributed by atoms with Crippen molar-refractivity contribution in [2.24, 2.45) is 0 Å². The molecule has 2 aromatic heterocycles. The van der Waals surface area contributed by atoms with E-state index < -0.39 is 0 Å². The molecular weight excluding hydrogens is 429 g/mol. The maximum Gasteiger partial charge on any atom is 0.342 e. The van der Waals surface area contributed by atoms with Crippen LogP contribution in [0, 0.1) is 12.7 Å². The summed E-state index contributed by atoms with van der Waals surface area (Å²) in [5.74, 6) is -0.232. The van der Waals surface area contributed by atoms with Crippen LogP contribution in [0.1, 0.15) is 24.8 Å². The van der Waals surface area contributed by atoms with Crippen LogP contribution in [0.4, 0.5) is 9.18 Å². The second-order valence-electron chi connectivity index (χ2n) is 8.83. The molecule has 0 bridgehead atoms. The minimum atomic E-state index is -0.232. The van der Waals surface area contributed by atoms with E-state index in [-0.39, 0.29) is 11.8 Å². The van der Waals surface area contributed by atoms with Gasteiger partial charge in [-0.3, -0.25) is 4.98 Å². The van der Waals surface area contributed by atoms with Gasteiger partial charge in [0.05, 0.1) is 17.4 Å². The van der Waals surface area contributed by atoms with E-state index in [1.807, 2.05) is 36.4 Å². The van der Waals surface area contributed by atoms with Gasteiger partial charge in [0.2, 0.25) is 0 Å². The Morgan fingerprint density at radius 2 is 1.91 bits per heavy atom. The van der Waals surface area contributed by atoms with E-state index in [2.05, 4.69) is 20.3 Å². The van der Waals surface area contributed by atoms with Gasteiger partial charge in [0.25, 0.3) is 0 Å². The van der Waals surface area contributed by atoms with Crippen molar-refractivity contribution >= 4 is 16.9 Å². The molecule has 174 valence electrons. The van der Waals surface area contributed by atoms with Crippen LogP contribution in [0.15, 0.2) is 60.9 Å². The minimum absolute atomic E-state index is 0.215. The van der Waals surface area contributed by atoms with Gasteiger partial charge in [0.15, 0.2) is 0 Å². The molecule has 1 saturated heterocycles. The Kier molecular flexibility index (Phi) is 6.36. The van der Waals surface area contributed by atoms with E-state index in [1.165, 1.54) is 36.7 Å². The molecule has 34 heavy (non-hydrogen) atoms. The van der Waals surface area contributed by atoms with Crippen molar-refractivity contribution in [2.75, 3.05) is 26.2 Å². The summed E-state index contributed by atoms with van der Waals surface area (Å²) in [6.07, 6.45) is 6.93. The molecule has 1 amide bonds. The fraction of sp³-hybridized carbons (Fsp3) is 0.296. The molecule has 0 atom stereocenters. The van der Waals surface area contributed by atoms with Crippen LogP contribution in [0.3, 0.4) is 0 Å². The summed E-state index contributed by atoms with van der Waals surface area (Å²) in [5, 5.41) is 8.18. The smallest absolute Gasteiger partial charge is 0.336 e. The van der Waals surface area contributed by atoms with Crippen LogP contribution in [0.25, 0.3) is 33.3 Å². The largest absolute Gasteiger partial charge is 0.342 e. The first kappa shape index (κ1) is 22.2. The van der Waals surface area contributed by atoms with Crippen LogP contribution >= 0.6 is 0 Å². The van der Waals surface area contributed by atoms with Crippen molar-refractivity contribution in [3.05, 3.63) is 72.3 Å². The van der Waals surface area contributed by atoms with Crippen molar-refractivity contribution in [1.82, 2.24) is 25.0 Å². The fourth-order valence-corrected chi connectivity index (χ4v) is 4.60. The number of benzene rings is 2. The summed E-state index contributed by atoms with van der Waals surface area (Å²) in [6, 6.07) is 14.6. The van der Waals surface area contributed by atoms with Crippen LogP contribution in [0.2, 0.25) is 0 Å². The summed E-state index contributed by atoms with van der Waals surface area (Å²) in [5.41, 5.74) is 4.88. The lowest BCUT2D eigenvalue weighted by Gasteiger charge is -2.14. The number of nitrogens with zero attached hydrogens (tertiary/aromatic N) is 4. The number of hydrogen-bond donors (Lipinski definition) is 1.